The predicted molar refractivity (Wildman–Crippen MR) is 68.3 cm³/mol. The van der Waals surface area contributed by atoms with Gasteiger partial charge >= 0.3 is 6.36 Å². The van der Waals surface area contributed by atoms with Gasteiger partial charge in [0.1, 0.15) is 5.75 Å². The molecule has 20 heavy (non-hydrogen) atoms. The van der Waals surface area contributed by atoms with Gasteiger partial charge in [-0.15, -0.1) is 13.2 Å². The summed E-state index contributed by atoms with van der Waals surface area (Å²) in [5.74, 6) is -0.461. The molecule has 2 rings (SSSR count). The molecule has 112 valence electrons. The number of hydrogen-bond acceptors (Lipinski definition) is 3. The Kier molecular flexibility index (Phi) is 4.25. The zero-order valence-electron chi connectivity index (χ0n) is 11.2. The first-order valence-corrected chi connectivity index (χ1v) is 6.65. The van der Waals surface area contributed by atoms with E-state index in [1.807, 2.05) is 6.92 Å². The van der Waals surface area contributed by atoms with Crippen molar-refractivity contribution in [2.75, 3.05) is 13.1 Å². The van der Waals surface area contributed by atoms with Crippen LogP contribution in [0.3, 0.4) is 0 Å². The van der Waals surface area contributed by atoms with Crippen LogP contribution in [-0.2, 0) is 5.60 Å². The molecule has 1 heterocycles. The van der Waals surface area contributed by atoms with E-state index in [0.29, 0.717) is 25.9 Å². The lowest BCUT2D eigenvalue weighted by Gasteiger charge is -2.41. The fourth-order valence-corrected chi connectivity index (χ4v) is 2.80. The first-order chi connectivity index (χ1) is 9.37. The minimum Gasteiger partial charge on any atom is -0.405 e. The van der Waals surface area contributed by atoms with Gasteiger partial charge in [0.15, 0.2) is 0 Å². The smallest absolute Gasteiger partial charge is 0.405 e. The SMILES string of the molecule is CCC1CNCCC1(O)c1ccccc1OC(F)(F)F. The van der Waals surface area contributed by atoms with Crippen LogP contribution in [0.4, 0.5) is 13.2 Å². The number of ether oxygens (including phenoxy) is 1. The van der Waals surface area contributed by atoms with E-state index in [9.17, 15) is 18.3 Å². The van der Waals surface area contributed by atoms with Crippen LogP contribution in [0.25, 0.3) is 0 Å². The van der Waals surface area contributed by atoms with E-state index in [0.717, 1.165) is 0 Å². The Balaban J connectivity index is 2.40. The molecule has 0 spiro atoms. The van der Waals surface area contributed by atoms with Gasteiger partial charge in [0, 0.05) is 18.0 Å². The summed E-state index contributed by atoms with van der Waals surface area (Å²) >= 11 is 0. The average Bonchev–Trinajstić information content (AvgIpc) is 2.38. The molecule has 1 fully saturated rings. The quantitative estimate of drug-likeness (QED) is 0.899. The normalized spacial score (nSPS) is 27.4. The van der Waals surface area contributed by atoms with Gasteiger partial charge in [-0.1, -0.05) is 25.1 Å². The van der Waals surface area contributed by atoms with Crippen molar-refractivity contribution in [1.29, 1.82) is 0 Å². The fraction of sp³-hybridized carbons (Fsp3) is 0.571. The van der Waals surface area contributed by atoms with Gasteiger partial charge in [-0.3, -0.25) is 0 Å². The number of benzene rings is 1. The predicted octanol–water partition coefficient (Wildman–Crippen LogP) is 2.79. The summed E-state index contributed by atoms with van der Waals surface area (Å²) in [6.45, 7) is 3.05. The van der Waals surface area contributed by atoms with Crippen LogP contribution in [0, 0.1) is 5.92 Å². The molecule has 1 aromatic carbocycles. The monoisotopic (exact) mass is 289 g/mol. The van der Waals surface area contributed by atoms with Gasteiger partial charge in [-0.2, -0.15) is 0 Å². The maximum atomic E-state index is 12.5. The van der Waals surface area contributed by atoms with Crippen molar-refractivity contribution >= 4 is 0 Å². The van der Waals surface area contributed by atoms with Crippen molar-refractivity contribution in [3.63, 3.8) is 0 Å². The summed E-state index contributed by atoms with van der Waals surface area (Å²) in [6, 6.07) is 5.84. The number of rotatable bonds is 3. The third kappa shape index (κ3) is 3.07. The van der Waals surface area contributed by atoms with Crippen molar-refractivity contribution in [2.24, 2.45) is 5.92 Å². The Hall–Kier alpha value is -1.27. The molecule has 0 aromatic heterocycles. The topological polar surface area (TPSA) is 41.5 Å². The second kappa shape index (κ2) is 5.61. The highest BCUT2D eigenvalue weighted by Gasteiger charge is 2.43. The van der Waals surface area contributed by atoms with Crippen LogP contribution in [0.1, 0.15) is 25.3 Å². The van der Waals surface area contributed by atoms with E-state index in [1.165, 1.54) is 18.2 Å². The molecule has 2 unspecified atom stereocenters. The number of aliphatic hydroxyl groups is 1. The first kappa shape index (κ1) is 15.1. The average molecular weight is 289 g/mol. The zero-order valence-corrected chi connectivity index (χ0v) is 11.2. The summed E-state index contributed by atoms with van der Waals surface area (Å²) in [5.41, 5.74) is -1.08. The van der Waals surface area contributed by atoms with Crippen LogP contribution in [0.15, 0.2) is 24.3 Å². The van der Waals surface area contributed by atoms with Gasteiger partial charge in [-0.25, -0.2) is 0 Å². The third-order valence-corrected chi connectivity index (χ3v) is 3.82. The molecule has 2 atom stereocenters. The Bertz CT molecular complexity index is 464. The summed E-state index contributed by atoms with van der Waals surface area (Å²) in [5, 5.41) is 14.0. The Morgan fingerprint density at radius 3 is 2.75 bits per heavy atom. The standard InChI is InChI=1S/C14H18F3NO2/c1-2-10-9-18-8-7-13(10,19)11-5-3-4-6-12(11)20-14(15,16)17/h3-6,10,18-19H,2,7-9H2,1H3. The van der Waals surface area contributed by atoms with E-state index in [2.05, 4.69) is 10.1 Å². The summed E-state index contributed by atoms with van der Waals surface area (Å²) in [7, 11) is 0. The summed E-state index contributed by atoms with van der Waals surface area (Å²) in [4.78, 5) is 0. The minimum absolute atomic E-state index is 0.144. The Labute approximate surface area is 115 Å². The van der Waals surface area contributed by atoms with Gasteiger partial charge in [0.25, 0.3) is 0 Å². The largest absolute Gasteiger partial charge is 0.573 e. The van der Waals surface area contributed by atoms with E-state index in [-0.39, 0.29) is 17.2 Å². The molecule has 0 aliphatic carbocycles. The molecule has 6 heteroatoms. The Morgan fingerprint density at radius 1 is 1.40 bits per heavy atom. The number of hydrogen-bond donors (Lipinski definition) is 2. The van der Waals surface area contributed by atoms with Crippen molar-refractivity contribution in [3.05, 3.63) is 29.8 Å². The third-order valence-electron chi connectivity index (χ3n) is 3.82. The zero-order chi connectivity index (χ0) is 14.8. The van der Waals surface area contributed by atoms with Crippen LogP contribution in [0.5, 0.6) is 5.75 Å². The van der Waals surface area contributed by atoms with Gasteiger partial charge in [-0.05, 0) is 25.5 Å². The summed E-state index contributed by atoms with van der Waals surface area (Å²) < 4.78 is 41.5. The molecule has 1 aliphatic heterocycles. The minimum atomic E-state index is -4.76. The maximum absolute atomic E-state index is 12.5. The van der Waals surface area contributed by atoms with E-state index >= 15 is 0 Å². The fourth-order valence-electron chi connectivity index (χ4n) is 2.80. The molecular formula is C14H18F3NO2. The van der Waals surface area contributed by atoms with Crippen molar-refractivity contribution < 1.29 is 23.0 Å². The van der Waals surface area contributed by atoms with Crippen molar-refractivity contribution in [2.45, 2.75) is 31.7 Å². The molecule has 0 amide bonds. The van der Waals surface area contributed by atoms with Gasteiger partial charge in [0.05, 0.1) is 5.60 Å². The van der Waals surface area contributed by atoms with Gasteiger partial charge in [0.2, 0.25) is 0 Å². The number of para-hydroxylation sites is 1. The second-order valence-electron chi connectivity index (χ2n) is 5.03. The molecule has 0 radical (unpaired) electrons. The second-order valence-corrected chi connectivity index (χ2v) is 5.03. The van der Waals surface area contributed by atoms with Gasteiger partial charge < -0.3 is 15.2 Å². The highest BCUT2D eigenvalue weighted by atomic mass is 19.4. The lowest BCUT2D eigenvalue weighted by molar-refractivity contribution is -0.275. The molecule has 1 aliphatic rings. The van der Waals surface area contributed by atoms with Crippen molar-refractivity contribution in [3.8, 4) is 5.75 Å². The molecule has 3 nitrogen and oxygen atoms in total. The number of alkyl halides is 3. The molecule has 0 bridgehead atoms. The number of halogens is 3. The molecular weight excluding hydrogens is 271 g/mol. The molecule has 1 aromatic rings. The number of nitrogens with one attached hydrogen (secondary N) is 1. The first-order valence-electron chi connectivity index (χ1n) is 6.65. The highest BCUT2D eigenvalue weighted by Crippen LogP contribution is 2.42. The number of piperidine rings is 1. The van der Waals surface area contributed by atoms with Crippen LogP contribution < -0.4 is 10.1 Å². The van der Waals surface area contributed by atoms with Crippen molar-refractivity contribution in [1.82, 2.24) is 5.32 Å². The maximum Gasteiger partial charge on any atom is 0.573 e. The molecule has 1 saturated heterocycles. The van der Waals surface area contributed by atoms with E-state index in [1.54, 1.807) is 6.07 Å². The Morgan fingerprint density at radius 2 is 2.10 bits per heavy atom. The van der Waals surface area contributed by atoms with Crippen LogP contribution in [0.2, 0.25) is 0 Å². The lowest BCUT2D eigenvalue weighted by atomic mass is 9.75. The highest BCUT2D eigenvalue weighted by molar-refractivity contribution is 5.39. The van der Waals surface area contributed by atoms with Crippen LogP contribution in [-0.4, -0.2) is 24.6 Å². The van der Waals surface area contributed by atoms with E-state index in [4.69, 9.17) is 0 Å². The van der Waals surface area contributed by atoms with E-state index < -0.39 is 12.0 Å². The lowest BCUT2D eigenvalue weighted by Crippen LogP contribution is -2.48. The summed E-state index contributed by atoms with van der Waals surface area (Å²) in [6.07, 6.45) is -3.73. The molecule has 0 saturated carbocycles. The molecule has 2 N–H and O–H groups in total. The van der Waals surface area contributed by atoms with Crippen LogP contribution >= 0.6 is 0 Å².